The second-order valence-electron chi connectivity index (χ2n) is 5.98. The highest BCUT2D eigenvalue weighted by Gasteiger charge is 2.16. The first-order valence-electron chi connectivity index (χ1n) is 8.40. The minimum Gasteiger partial charge on any atom is -0.333 e. The van der Waals surface area contributed by atoms with E-state index in [0.29, 0.717) is 17.8 Å². The minimum atomic E-state index is -2.57. The van der Waals surface area contributed by atoms with Gasteiger partial charge in [0.05, 0.1) is 17.9 Å². The predicted octanol–water partition coefficient (Wildman–Crippen LogP) is 4.15. The summed E-state index contributed by atoms with van der Waals surface area (Å²) < 4.78 is 40.0. The Balaban J connectivity index is 2.24. The molecule has 1 aromatic heterocycles. The van der Waals surface area contributed by atoms with Crippen molar-refractivity contribution in [2.45, 2.75) is 33.6 Å². The lowest BCUT2D eigenvalue weighted by Gasteiger charge is -2.19. The number of nitrogens with zero attached hydrogens (tertiary/aromatic N) is 3. The van der Waals surface area contributed by atoms with Gasteiger partial charge < -0.3 is 4.90 Å². The molecule has 0 aliphatic heterocycles. The van der Waals surface area contributed by atoms with Crippen LogP contribution in [0, 0.1) is 19.7 Å². The van der Waals surface area contributed by atoms with E-state index in [1.807, 2.05) is 13.8 Å². The smallest absolute Gasteiger partial charge is 0.255 e. The van der Waals surface area contributed by atoms with Crippen molar-refractivity contribution < 1.29 is 18.0 Å². The van der Waals surface area contributed by atoms with Crippen LogP contribution in [0.5, 0.6) is 0 Å². The maximum Gasteiger partial charge on any atom is 0.255 e. The van der Waals surface area contributed by atoms with Gasteiger partial charge in [-0.05, 0) is 50.6 Å². The van der Waals surface area contributed by atoms with Crippen molar-refractivity contribution >= 4 is 12.0 Å². The molecule has 2 rings (SSSR count). The molecule has 0 aliphatic rings. The number of amides is 1. The fourth-order valence-corrected chi connectivity index (χ4v) is 2.72. The summed E-state index contributed by atoms with van der Waals surface area (Å²) in [5.74, 6) is -0.795. The van der Waals surface area contributed by atoms with Crippen LogP contribution >= 0.6 is 0 Å². The van der Waals surface area contributed by atoms with Gasteiger partial charge in [-0.3, -0.25) is 4.79 Å². The predicted molar refractivity (Wildman–Crippen MR) is 94.9 cm³/mol. The molecular weight excluding hydrogens is 343 g/mol. The average molecular weight is 365 g/mol. The topological polar surface area (TPSA) is 38.1 Å². The van der Waals surface area contributed by atoms with E-state index >= 15 is 0 Å². The van der Waals surface area contributed by atoms with Crippen molar-refractivity contribution in [3.63, 3.8) is 0 Å². The fourth-order valence-electron chi connectivity index (χ4n) is 2.72. The van der Waals surface area contributed by atoms with Crippen LogP contribution in [0.1, 0.15) is 30.3 Å². The summed E-state index contributed by atoms with van der Waals surface area (Å²) in [6.07, 6.45) is 0.925. The van der Waals surface area contributed by atoms with Gasteiger partial charge in [-0.1, -0.05) is 6.92 Å². The van der Waals surface area contributed by atoms with Crippen molar-refractivity contribution in [2.24, 2.45) is 0 Å². The van der Waals surface area contributed by atoms with E-state index in [1.54, 1.807) is 29.8 Å². The lowest BCUT2D eigenvalue weighted by Crippen LogP contribution is -2.34. The number of carbonyl (C=O) groups excluding carboxylic acids is 1. The molecule has 2 aromatic rings. The van der Waals surface area contributed by atoms with E-state index in [0.717, 1.165) is 16.2 Å². The van der Waals surface area contributed by atoms with Gasteiger partial charge >= 0.3 is 0 Å². The first-order valence-corrected chi connectivity index (χ1v) is 8.40. The van der Waals surface area contributed by atoms with Crippen molar-refractivity contribution in [3.8, 4) is 5.69 Å². The third-order valence-electron chi connectivity index (χ3n) is 3.97. The van der Waals surface area contributed by atoms with E-state index in [4.69, 9.17) is 0 Å². The maximum absolute atomic E-state index is 13.1. The number of rotatable bonds is 7. The molecule has 140 valence electrons. The van der Waals surface area contributed by atoms with E-state index in [2.05, 4.69) is 5.10 Å². The largest absolute Gasteiger partial charge is 0.333 e. The lowest BCUT2D eigenvalue weighted by atomic mass is 10.1. The van der Waals surface area contributed by atoms with E-state index in [1.165, 1.54) is 18.2 Å². The third-order valence-corrected chi connectivity index (χ3v) is 3.97. The minimum absolute atomic E-state index is 0.278. The first-order chi connectivity index (χ1) is 12.3. The highest BCUT2D eigenvalue weighted by Crippen LogP contribution is 2.19. The summed E-state index contributed by atoms with van der Waals surface area (Å²) in [5, 5.41) is 4.42. The standard InChI is InChI=1S/C19H22F3N3O/c1-4-11-24(12-18(21)22)19(26)10-9-17-13(2)23-25(14(17)3)16-7-5-15(20)6-8-16/h5-10,18H,4,11-12H2,1-3H3/b10-9+. The van der Waals surface area contributed by atoms with E-state index in [9.17, 15) is 18.0 Å². The maximum atomic E-state index is 13.1. The molecule has 0 unspecified atom stereocenters. The zero-order valence-corrected chi connectivity index (χ0v) is 15.0. The van der Waals surface area contributed by atoms with Crippen molar-refractivity contribution in [3.05, 3.63) is 53.1 Å². The number of alkyl halides is 2. The zero-order valence-electron chi connectivity index (χ0n) is 15.0. The Labute approximate surface area is 150 Å². The Morgan fingerprint density at radius 1 is 1.27 bits per heavy atom. The summed E-state index contributed by atoms with van der Waals surface area (Å²) >= 11 is 0. The van der Waals surface area contributed by atoms with Crippen molar-refractivity contribution in [2.75, 3.05) is 13.1 Å². The zero-order chi connectivity index (χ0) is 19.3. The number of hydrogen-bond acceptors (Lipinski definition) is 2. The highest BCUT2D eigenvalue weighted by molar-refractivity contribution is 5.92. The molecule has 0 fully saturated rings. The summed E-state index contributed by atoms with van der Waals surface area (Å²) in [5.41, 5.74) is 2.89. The number of halogens is 3. The van der Waals surface area contributed by atoms with Crippen LogP contribution in [0.2, 0.25) is 0 Å². The lowest BCUT2D eigenvalue weighted by molar-refractivity contribution is -0.127. The molecule has 0 saturated heterocycles. The molecule has 26 heavy (non-hydrogen) atoms. The molecule has 0 N–H and O–H groups in total. The number of benzene rings is 1. The molecule has 4 nitrogen and oxygen atoms in total. The molecule has 1 heterocycles. The highest BCUT2D eigenvalue weighted by atomic mass is 19.3. The molecule has 1 amide bonds. The Morgan fingerprint density at radius 2 is 1.92 bits per heavy atom. The molecule has 0 bridgehead atoms. The molecule has 0 radical (unpaired) electrons. The monoisotopic (exact) mass is 365 g/mol. The molecule has 1 aromatic carbocycles. The van der Waals surface area contributed by atoms with Gasteiger partial charge in [0.25, 0.3) is 6.43 Å². The second-order valence-corrected chi connectivity index (χ2v) is 5.98. The van der Waals surface area contributed by atoms with Crippen LogP contribution in [-0.2, 0) is 4.79 Å². The molecular formula is C19H22F3N3O. The van der Waals surface area contributed by atoms with Crippen molar-refractivity contribution in [1.29, 1.82) is 0 Å². The number of carbonyl (C=O) groups is 1. The van der Waals surface area contributed by atoms with Gasteiger partial charge in [-0.2, -0.15) is 5.10 Å². The SMILES string of the molecule is CCCN(CC(F)F)C(=O)/C=C/c1c(C)nn(-c2ccc(F)cc2)c1C. The van der Waals surface area contributed by atoms with E-state index in [-0.39, 0.29) is 12.4 Å². The Morgan fingerprint density at radius 3 is 2.50 bits per heavy atom. The summed E-state index contributed by atoms with van der Waals surface area (Å²) in [4.78, 5) is 13.4. The molecule has 0 spiro atoms. The summed E-state index contributed by atoms with van der Waals surface area (Å²) in [6, 6.07) is 5.91. The Kier molecular flexibility index (Phi) is 6.60. The molecule has 0 aliphatic carbocycles. The summed E-state index contributed by atoms with van der Waals surface area (Å²) in [6.45, 7) is 5.15. The van der Waals surface area contributed by atoms with Crippen LogP contribution in [0.3, 0.4) is 0 Å². The number of aromatic nitrogens is 2. The van der Waals surface area contributed by atoms with Crippen LogP contribution in [0.4, 0.5) is 13.2 Å². The van der Waals surface area contributed by atoms with Gasteiger partial charge in [0, 0.05) is 23.9 Å². The fraction of sp³-hybridized carbons (Fsp3) is 0.368. The Bertz CT molecular complexity index is 782. The molecule has 0 saturated carbocycles. The first kappa shape index (κ1) is 19.8. The third kappa shape index (κ3) is 4.74. The van der Waals surface area contributed by atoms with Gasteiger partial charge in [0.15, 0.2) is 0 Å². The van der Waals surface area contributed by atoms with E-state index < -0.39 is 18.9 Å². The molecule has 7 heteroatoms. The van der Waals surface area contributed by atoms with Crippen molar-refractivity contribution in [1.82, 2.24) is 14.7 Å². The number of aryl methyl sites for hydroxylation is 1. The van der Waals surface area contributed by atoms with Crippen LogP contribution < -0.4 is 0 Å². The normalized spacial score (nSPS) is 11.5. The van der Waals surface area contributed by atoms with Crippen LogP contribution in [0.25, 0.3) is 11.8 Å². The van der Waals surface area contributed by atoms with Gasteiger partial charge in [-0.25, -0.2) is 17.9 Å². The Hall–Kier alpha value is -2.57. The second kappa shape index (κ2) is 8.69. The summed E-state index contributed by atoms with van der Waals surface area (Å²) in [7, 11) is 0. The van der Waals surface area contributed by atoms with Crippen LogP contribution in [0.15, 0.2) is 30.3 Å². The van der Waals surface area contributed by atoms with Crippen LogP contribution in [-0.4, -0.2) is 40.1 Å². The number of hydrogen-bond donors (Lipinski definition) is 0. The van der Waals surface area contributed by atoms with Gasteiger partial charge in [0.2, 0.25) is 5.91 Å². The quantitative estimate of drug-likeness (QED) is 0.692. The van der Waals surface area contributed by atoms with Gasteiger partial charge in [0.1, 0.15) is 5.82 Å². The average Bonchev–Trinajstić information content (AvgIpc) is 2.87. The molecule has 0 atom stereocenters. The van der Waals surface area contributed by atoms with Gasteiger partial charge in [-0.15, -0.1) is 0 Å².